The van der Waals surface area contributed by atoms with Gasteiger partial charge in [-0.3, -0.25) is 14.5 Å². The van der Waals surface area contributed by atoms with Crippen LogP contribution in [0, 0.1) is 5.82 Å². The van der Waals surface area contributed by atoms with Gasteiger partial charge in [-0.1, -0.05) is 12.1 Å². The number of rotatable bonds is 4. The lowest BCUT2D eigenvalue weighted by Crippen LogP contribution is -2.50. The fourth-order valence-electron chi connectivity index (χ4n) is 2.77. The SMILES string of the molecule is CNC(=O)CN1CCN(C(=O)c2ccc(-c3ccc(F)cc3)s2)CC1. The highest BCUT2D eigenvalue weighted by Gasteiger charge is 2.24. The van der Waals surface area contributed by atoms with Crippen molar-refractivity contribution in [1.29, 1.82) is 0 Å². The van der Waals surface area contributed by atoms with E-state index in [0.717, 1.165) is 10.4 Å². The second-order valence-corrected chi connectivity index (χ2v) is 7.00. The number of amides is 2. The van der Waals surface area contributed by atoms with Crippen molar-refractivity contribution in [1.82, 2.24) is 15.1 Å². The quantitative estimate of drug-likeness (QED) is 0.907. The van der Waals surface area contributed by atoms with Crippen molar-refractivity contribution in [3.8, 4) is 10.4 Å². The summed E-state index contributed by atoms with van der Waals surface area (Å²) in [6.45, 7) is 2.97. The summed E-state index contributed by atoms with van der Waals surface area (Å²) in [4.78, 5) is 29.6. The first-order valence-corrected chi connectivity index (χ1v) is 8.96. The Bertz CT molecular complexity index is 752. The van der Waals surface area contributed by atoms with Crippen molar-refractivity contribution in [2.24, 2.45) is 0 Å². The van der Waals surface area contributed by atoms with Gasteiger partial charge < -0.3 is 10.2 Å². The molecule has 0 radical (unpaired) electrons. The lowest BCUT2D eigenvalue weighted by atomic mass is 10.2. The zero-order chi connectivity index (χ0) is 17.8. The van der Waals surface area contributed by atoms with Crippen molar-refractivity contribution in [2.45, 2.75) is 0 Å². The maximum atomic E-state index is 13.0. The number of likely N-dealkylation sites (N-methyl/N-ethyl adjacent to an activating group) is 1. The van der Waals surface area contributed by atoms with Crippen molar-refractivity contribution in [3.63, 3.8) is 0 Å². The number of thiophene rings is 1. The van der Waals surface area contributed by atoms with E-state index in [4.69, 9.17) is 0 Å². The molecule has 2 aromatic rings. The zero-order valence-corrected chi connectivity index (χ0v) is 14.8. The van der Waals surface area contributed by atoms with E-state index in [1.54, 1.807) is 19.2 Å². The van der Waals surface area contributed by atoms with Crippen LogP contribution in [-0.4, -0.2) is 61.4 Å². The third-order valence-electron chi connectivity index (χ3n) is 4.25. The van der Waals surface area contributed by atoms with E-state index in [0.29, 0.717) is 37.6 Å². The van der Waals surface area contributed by atoms with Gasteiger partial charge in [0.2, 0.25) is 5.91 Å². The maximum absolute atomic E-state index is 13.0. The van der Waals surface area contributed by atoms with Gasteiger partial charge in [0.15, 0.2) is 0 Å². The second-order valence-electron chi connectivity index (χ2n) is 5.91. The molecule has 5 nitrogen and oxygen atoms in total. The van der Waals surface area contributed by atoms with Crippen LogP contribution in [0.15, 0.2) is 36.4 Å². The molecule has 132 valence electrons. The molecule has 25 heavy (non-hydrogen) atoms. The van der Waals surface area contributed by atoms with Crippen LogP contribution in [0.4, 0.5) is 4.39 Å². The molecule has 0 aliphatic carbocycles. The molecule has 0 saturated carbocycles. The molecule has 1 aromatic heterocycles. The fraction of sp³-hybridized carbons (Fsp3) is 0.333. The molecule has 1 aromatic carbocycles. The highest BCUT2D eigenvalue weighted by atomic mass is 32.1. The number of carbonyl (C=O) groups is 2. The number of benzene rings is 1. The van der Waals surface area contributed by atoms with Crippen molar-refractivity contribution >= 4 is 23.2 Å². The fourth-order valence-corrected chi connectivity index (χ4v) is 3.75. The summed E-state index contributed by atoms with van der Waals surface area (Å²) in [6.07, 6.45) is 0. The van der Waals surface area contributed by atoms with E-state index >= 15 is 0 Å². The third kappa shape index (κ3) is 4.24. The Labute approximate surface area is 150 Å². The Kier molecular flexibility index (Phi) is 5.45. The van der Waals surface area contributed by atoms with Gasteiger partial charge in [-0.15, -0.1) is 11.3 Å². The van der Waals surface area contributed by atoms with E-state index < -0.39 is 0 Å². The molecule has 0 atom stereocenters. The Morgan fingerprint density at radius 2 is 1.76 bits per heavy atom. The lowest BCUT2D eigenvalue weighted by Gasteiger charge is -2.34. The molecule has 1 aliphatic heterocycles. The van der Waals surface area contributed by atoms with Crippen LogP contribution in [0.2, 0.25) is 0 Å². The number of hydrogen-bond acceptors (Lipinski definition) is 4. The van der Waals surface area contributed by atoms with Gasteiger partial charge in [-0.2, -0.15) is 0 Å². The van der Waals surface area contributed by atoms with Crippen LogP contribution in [0.3, 0.4) is 0 Å². The lowest BCUT2D eigenvalue weighted by molar-refractivity contribution is -0.122. The van der Waals surface area contributed by atoms with Gasteiger partial charge in [0.25, 0.3) is 5.91 Å². The summed E-state index contributed by atoms with van der Waals surface area (Å²) < 4.78 is 13.0. The predicted molar refractivity (Wildman–Crippen MR) is 96.1 cm³/mol. The van der Waals surface area contributed by atoms with Crippen LogP contribution in [0.25, 0.3) is 10.4 Å². The number of halogens is 1. The van der Waals surface area contributed by atoms with Crippen LogP contribution in [0.1, 0.15) is 9.67 Å². The van der Waals surface area contributed by atoms with Crippen LogP contribution in [0.5, 0.6) is 0 Å². The number of nitrogens with one attached hydrogen (secondary N) is 1. The van der Waals surface area contributed by atoms with E-state index in [2.05, 4.69) is 5.32 Å². The van der Waals surface area contributed by atoms with Gasteiger partial charge in [-0.05, 0) is 29.8 Å². The molecule has 1 saturated heterocycles. The molecular formula is C18H20FN3O2S. The summed E-state index contributed by atoms with van der Waals surface area (Å²) in [6, 6.07) is 9.99. The average molecular weight is 361 g/mol. The molecule has 0 unspecified atom stereocenters. The number of carbonyl (C=O) groups excluding carboxylic acids is 2. The highest BCUT2D eigenvalue weighted by Crippen LogP contribution is 2.29. The first-order chi connectivity index (χ1) is 12.1. The van der Waals surface area contributed by atoms with Gasteiger partial charge in [-0.25, -0.2) is 4.39 Å². The maximum Gasteiger partial charge on any atom is 0.264 e. The number of nitrogens with zero attached hydrogens (tertiary/aromatic N) is 2. The smallest absolute Gasteiger partial charge is 0.264 e. The molecule has 7 heteroatoms. The summed E-state index contributed by atoms with van der Waals surface area (Å²) in [5, 5.41) is 2.61. The van der Waals surface area contributed by atoms with E-state index in [9.17, 15) is 14.0 Å². The standard InChI is InChI=1S/C18H20FN3O2S/c1-20-17(23)12-21-8-10-22(11-9-21)18(24)16-7-6-15(25-16)13-2-4-14(19)5-3-13/h2-7H,8-12H2,1H3,(H,20,23). The molecule has 2 amide bonds. The largest absolute Gasteiger partial charge is 0.358 e. The van der Waals surface area contributed by atoms with E-state index in [1.807, 2.05) is 21.9 Å². The Morgan fingerprint density at radius 1 is 1.08 bits per heavy atom. The summed E-state index contributed by atoms with van der Waals surface area (Å²) in [5.41, 5.74) is 0.904. The highest BCUT2D eigenvalue weighted by molar-refractivity contribution is 7.17. The van der Waals surface area contributed by atoms with Gasteiger partial charge in [0, 0.05) is 38.1 Å². The molecule has 0 spiro atoms. The minimum atomic E-state index is -0.272. The molecule has 1 N–H and O–H groups in total. The van der Waals surface area contributed by atoms with Crippen LogP contribution < -0.4 is 5.32 Å². The summed E-state index contributed by atoms with van der Waals surface area (Å²) in [5.74, 6) is -0.272. The van der Waals surface area contributed by atoms with Crippen molar-refractivity contribution < 1.29 is 14.0 Å². The number of piperazine rings is 1. The summed E-state index contributed by atoms with van der Waals surface area (Å²) >= 11 is 1.42. The Morgan fingerprint density at radius 3 is 2.40 bits per heavy atom. The summed E-state index contributed by atoms with van der Waals surface area (Å²) in [7, 11) is 1.62. The number of hydrogen-bond donors (Lipinski definition) is 1. The predicted octanol–water partition coefficient (Wildman–Crippen LogP) is 2.06. The molecule has 3 rings (SSSR count). The average Bonchev–Trinajstić information content (AvgIpc) is 3.12. The van der Waals surface area contributed by atoms with E-state index in [1.165, 1.54) is 23.5 Å². The minimum Gasteiger partial charge on any atom is -0.358 e. The molecule has 0 bridgehead atoms. The zero-order valence-electron chi connectivity index (χ0n) is 14.0. The minimum absolute atomic E-state index is 0.0120. The van der Waals surface area contributed by atoms with Gasteiger partial charge in [0.1, 0.15) is 5.82 Å². The third-order valence-corrected chi connectivity index (χ3v) is 5.37. The second kappa shape index (κ2) is 7.76. The van der Waals surface area contributed by atoms with Crippen LogP contribution >= 0.6 is 11.3 Å². The normalized spacial score (nSPS) is 15.2. The van der Waals surface area contributed by atoms with Crippen LogP contribution in [-0.2, 0) is 4.79 Å². The topological polar surface area (TPSA) is 52.7 Å². The molecular weight excluding hydrogens is 341 g/mol. The van der Waals surface area contributed by atoms with E-state index in [-0.39, 0.29) is 17.6 Å². The monoisotopic (exact) mass is 361 g/mol. The van der Waals surface area contributed by atoms with Crippen molar-refractivity contribution in [3.05, 3.63) is 47.1 Å². The van der Waals surface area contributed by atoms with Crippen molar-refractivity contribution in [2.75, 3.05) is 39.8 Å². The Hall–Kier alpha value is -2.25. The van der Waals surface area contributed by atoms with Gasteiger partial charge in [0.05, 0.1) is 11.4 Å². The van der Waals surface area contributed by atoms with Gasteiger partial charge >= 0.3 is 0 Å². The first kappa shape index (κ1) is 17.6. The molecule has 1 aliphatic rings. The molecule has 2 heterocycles. The first-order valence-electron chi connectivity index (χ1n) is 8.15. The molecule has 1 fully saturated rings. The Balaban J connectivity index is 1.61.